The molecule has 0 spiro atoms. The number of aromatic nitrogens is 2. The van der Waals surface area contributed by atoms with Gasteiger partial charge in [0.25, 0.3) is 0 Å². The van der Waals surface area contributed by atoms with E-state index in [2.05, 4.69) is 20.7 Å². The average Bonchev–Trinajstić information content (AvgIpc) is 3.19. The lowest BCUT2D eigenvalue weighted by atomic mass is 10.3. The maximum absolute atomic E-state index is 9.15. The van der Waals surface area contributed by atoms with E-state index < -0.39 is 0 Å². The normalized spacial score (nSPS) is 14.8. The average molecular weight is 378 g/mol. The van der Waals surface area contributed by atoms with Gasteiger partial charge in [0.15, 0.2) is 10.3 Å². The van der Waals surface area contributed by atoms with Crippen LogP contribution in [0.25, 0.3) is 10.2 Å². The van der Waals surface area contributed by atoms with E-state index in [0.29, 0.717) is 10.6 Å². The van der Waals surface area contributed by atoms with E-state index in [1.807, 2.05) is 18.2 Å². The quantitative estimate of drug-likeness (QED) is 0.747. The number of hydrogen-bond acceptors (Lipinski definition) is 8. The van der Waals surface area contributed by atoms with Gasteiger partial charge in [0.05, 0.1) is 23.4 Å². The summed E-state index contributed by atoms with van der Waals surface area (Å²) in [4.78, 5) is 6.95. The SMILES string of the molecule is N#Cc1c(Cl)nsc1Nc1ccc2nc(N3CCOCC3)sc2c1. The lowest BCUT2D eigenvalue weighted by molar-refractivity contribution is 0.122. The van der Waals surface area contributed by atoms with Gasteiger partial charge in [0.2, 0.25) is 0 Å². The first-order valence-electron chi connectivity index (χ1n) is 7.30. The topological polar surface area (TPSA) is 74.1 Å². The Morgan fingerprint density at radius 3 is 2.96 bits per heavy atom. The number of benzene rings is 1. The molecule has 0 radical (unpaired) electrons. The Morgan fingerprint density at radius 2 is 2.17 bits per heavy atom. The molecule has 3 heterocycles. The molecule has 24 heavy (non-hydrogen) atoms. The van der Waals surface area contributed by atoms with E-state index in [1.54, 1.807) is 11.3 Å². The van der Waals surface area contributed by atoms with Crippen molar-refractivity contribution in [2.75, 3.05) is 36.5 Å². The van der Waals surface area contributed by atoms with Crippen molar-refractivity contribution in [3.8, 4) is 6.07 Å². The van der Waals surface area contributed by atoms with E-state index in [-0.39, 0.29) is 5.15 Å². The lowest BCUT2D eigenvalue weighted by Gasteiger charge is -2.25. The number of hydrogen-bond donors (Lipinski definition) is 1. The molecule has 1 aliphatic rings. The van der Waals surface area contributed by atoms with E-state index in [1.165, 1.54) is 11.5 Å². The largest absolute Gasteiger partial charge is 0.378 e. The summed E-state index contributed by atoms with van der Waals surface area (Å²) in [6.07, 6.45) is 0. The molecule has 0 bridgehead atoms. The molecule has 9 heteroatoms. The number of rotatable bonds is 3. The molecule has 4 rings (SSSR count). The number of fused-ring (bicyclic) bond motifs is 1. The number of halogens is 1. The summed E-state index contributed by atoms with van der Waals surface area (Å²) in [5, 5.41) is 14.3. The molecule has 0 aliphatic carbocycles. The molecule has 1 fully saturated rings. The minimum absolute atomic E-state index is 0.235. The number of morpholine rings is 1. The van der Waals surface area contributed by atoms with Crippen LogP contribution < -0.4 is 10.2 Å². The van der Waals surface area contributed by atoms with Crippen LogP contribution in [0.15, 0.2) is 18.2 Å². The minimum Gasteiger partial charge on any atom is -0.378 e. The molecule has 0 amide bonds. The molecule has 122 valence electrons. The van der Waals surface area contributed by atoms with Crippen LogP contribution in [0.2, 0.25) is 5.15 Å². The second kappa shape index (κ2) is 6.53. The number of nitrogens with zero attached hydrogens (tertiary/aromatic N) is 4. The van der Waals surface area contributed by atoms with Crippen molar-refractivity contribution in [2.24, 2.45) is 0 Å². The summed E-state index contributed by atoms with van der Waals surface area (Å²) in [6.45, 7) is 3.23. The molecular formula is C15H12ClN5OS2. The van der Waals surface area contributed by atoms with E-state index >= 15 is 0 Å². The van der Waals surface area contributed by atoms with Crippen molar-refractivity contribution in [3.63, 3.8) is 0 Å². The fourth-order valence-corrected chi connectivity index (χ4v) is 4.48. The fourth-order valence-electron chi connectivity index (χ4n) is 2.46. The van der Waals surface area contributed by atoms with Gasteiger partial charge in [-0.3, -0.25) is 0 Å². The lowest BCUT2D eigenvalue weighted by Crippen LogP contribution is -2.36. The van der Waals surface area contributed by atoms with Crippen LogP contribution in [0.4, 0.5) is 15.8 Å². The van der Waals surface area contributed by atoms with Crippen LogP contribution in [0.1, 0.15) is 5.56 Å². The van der Waals surface area contributed by atoms with E-state index in [0.717, 1.165) is 47.3 Å². The van der Waals surface area contributed by atoms with Gasteiger partial charge in [-0.2, -0.15) is 9.64 Å². The van der Waals surface area contributed by atoms with Crippen LogP contribution in [0.3, 0.4) is 0 Å². The van der Waals surface area contributed by atoms with Gasteiger partial charge >= 0.3 is 0 Å². The van der Waals surface area contributed by atoms with Gasteiger partial charge < -0.3 is 15.0 Å². The molecule has 6 nitrogen and oxygen atoms in total. The number of thiazole rings is 1. The molecule has 1 aromatic carbocycles. The van der Waals surface area contributed by atoms with Gasteiger partial charge in [-0.25, -0.2) is 4.98 Å². The van der Waals surface area contributed by atoms with Gasteiger partial charge in [-0.1, -0.05) is 22.9 Å². The predicted octanol–water partition coefficient (Wildman–Crippen LogP) is 3.86. The van der Waals surface area contributed by atoms with Crippen LogP contribution >= 0.6 is 34.5 Å². The highest BCUT2D eigenvalue weighted by atomic mass is 35.5. The van der Waals surface area contributed by atoms with Crippen LogP contribution in [0.5, 0.6) is 0 Å². The minimum atomic E-state index is 0.235. The zero-order valence-corrected chi connectivity index (χ0v) is 14.8. The summed E-state index contributed by atoms with van der Waals surface area (Å²) >= 11 is 8.75. The van der Waals surface area contributed by atoms with Crippen molar-refractivity contribution in [1.82, 2.24) is 9.36 Å². The third kappa shape index (κ3) is 2.91. The van der Waals surface area contributed by atoms with Crippen molar-refractivity contribution in [1.29, 1.82) is 5.26 Å². The predicted molar refractivity (Wildman–Crippen MR) is 97.8 cm³/mol. The highest BCUT2D eigenvalue weighted by Crippen LogP contribution is 2.34. The standard InChI is InChI=1S/C15H12ClN5OS2/c16-13-10(8-17)14(24-20-13)18-9-1-2-11-12(7-9)23-15(19-11)21-3-5-22-6-4-21/h1-2,7,18H,3-6H2. The molecule has 0 atom stereocenters. The second-order valence-corrected chi connectivity index (χ2v) is 7.33. The Kier molecular flexibility index (Phi) is 4.24. The monoisotopic (exact) mass is 377 g/mol. The van der Waals surface area contributed by atoms with E-state index in [9.17, 15) is 0 Å². The number of nitrogens with one attached hydrogen (secondary N) is 1. The maximum Gasteiger partial charge on any atom is 0.186 e. The Bertz CT molecular complexity index is 926. The number of nitriles is 1. The van der Waals surface area contributed by atoms with Gasteiger partial charge in [-0.15, -0.1) is 0 Å². The van der Waals surface area contributed by atoms with Crippen LogP contribution in [-0.2, 0) is 4.74 Å². The zero-order valence-electron chi connectivity index (χ0n) is 12.5. The van der Waals surface area contributed by atoms with E-state index in [4.69, 9.17) is 26.6 Å². The van der Waals surface area contributed by atoms with Gasteiger partial charge in [-0.05, 0) is 29.7 Å². The fraction of sp³-hybridized carbons (Fsp3) is 0.267. The highest BCUT2D eigenvalue weighted by molar-refractivity contribution is 7.22. The first kappa shape index (κ1) is 15.6. The van der Waals surface area contributed by atoms with Gasteiger partial charge in [0, 0.05) is 18.8 Å². The Labute approximate surface area is 151 Å². The Hall–Kier alpha value is -1.92. The molecule has 0 saturated carbocycles. The highest BCUT2D eigenvalue weighted by Gasteiger charge is 2.16. The first-order chi connectivity index (χ1) is 11.7. The molecule has 1 N–H and O–H groups in total. The third-order valence-corrected chi connectivity index (χ3v) is 5.89. The Balaban J connectivity index is 1.62. The zero-order chi connectivity index (χ0) is 16.5. The molecule has 2 aromatic heterocycles. The smallest absolute Gasteiger partial charge is 0.186 e. The Morgan fingerprint density at radius 1 is 1.33 bits per heavy atom. The summed E-state index contributed by atoms with van der Waals surface area (Å²) in [7, 11) is 0. The number of ether oxygens (including phenoxy) is 1. The third-order valence-electron chi connectivity index (χ3n) is 3.68. The summed E-state index contributed by atoms with van der Waals surface area (Å²) in [6, 6.07) is 8.03. The van der Waals surface area contributed by atoms with Gasteiger partial charge in [0.1, 0.15) is 16.6 Å². The molecule has 3 aromatic rings. The summed E-state index contributed by atoms with van der Waals surface area (Å²) < 4.78 is 10.5. The molecular weight excluding hydrogens is 366 g/mol. The molecule has 0 unspecified atom stereocenters. The molecule has 1 aliphatic heterocycles. The summed E-state index contributed by atoms with van der Waals surface area (Å²) in [5.41, 5.74) is 2.23. The second-order valence-electron chi connectivity index (χ2n) is 5.19. The first-order valence-corrected chi connectivity index (χ1v) is 9.27. The van der Waals surface area contributed by atoms with Crippen LogP contribution in [0, 0.1) is 11.3 Å². The van der Waals surface area contributed by atoms with Crippen molar-refractivity contribution in [3.05, 3.63) is 28.9 Å². The van der Waals surface area contributed by atoms with Crippen LogP contribution in [-0.4, -0.2) is 35.7 Å². The molecule has 1 saturated heterocycles. The maximum atomic E-state index is 9.15. The summed E-state index contributed by atoms with van der Waals surface area (Å²) in [5.74, 6) is 0. The van der Waals surface area contributed by atoms with Crippen molar-refractivity contribution < 1.29 is 4.74 Å². The van der Waals surface area contributed by atoms with Crippen molar-refractivity contribution in [2.45, 2.75) is 0 Å². The van der Waals surface area contributed by atoms with Crippen molar-refractivity contribution >= 4 is 60.5 Å². The number of anilines is 3.